The number of para-hydroxylation sites is 2. The third-order valence-corrected chi connectivity index (χ3v) is 4.95. The van der Waals surface area contributed by atoms with Gasteiger partial charge in [0.2, 0.25) is 0 Å². The van der Waals surface area contributed by atoms with Crippen LogP contribution in [0.1, 0.15) is 0 Å². The normalized spacial score (nSPS) is 10.5. The van der Waals surface area contributed by atoms with E-state index in [1.165, 1.54) is 0 Å². The fourth-order valence-corrected chi connectivity index (χ4v) is 3.41. The summed E-state index contributed by atoms with van der Waals surface area (Å²) in [5.41, 5.74) is 2.94. The highest BCUT2D eigenvalue weighted by Crippen LogP contribution is 2.33. The van der Waals surface area contributed by atoms with Gasteiger partial charge in [-0.25, -0.2) is 4.98 Å². The molecular weight excluding hydrogens is 423 g/mol. The molecule has 5 nitrogen and oxygen atoms in total. The van der Waals surface area contributed by atoms with Crippen molar-refractivity contribution >= 4 is 35.0 Å². The molecule has 7 heteroatoms. The van der Waals surface area contributed by atoms with Gasteiger partial charge in [-0.3, -0.25) is 0 Å². The minimum absolute atomic E-state index is 0. The van der Waals surface area contributed by atoms with Crippen molar-refractivity contribution < 1.29 is 14.2 Å². The van der Waals surface area contributed by atoms with E-state index in [-0.39, 0.29) is 12.4 Å². The maximum absolute atomic E-state index is 5.94. The van der Waals surface area contributed by atoms with E-state index in [1.54, 1.807) is 14.2 Å². The summed E-state index contributed by atoms with van der Waals surface area (Å²) >= 11 is 5.94. The summed E-state index contributed by atoms with van der Waals surface area (Å²) < 4.78 is 18.9. The van der Waals surface area contributed by atoms with Crippen LogP contribution in [0.3, 0.4) is 0 Å². The maximum Gasteiger partial charge on any atom is 0.161 e. The molecule has 0 atom stereocenters. The lowest BCUT2D eigenvalue weighted by atomic mass is 10.2. The van der Waals surface area contributed by atoms with Crippen LogP contribution in [-0.4, -0.2) is 30.4 Å². The van der Waals surface area contributed by atoms with Crippen molar-refractivity contribution in [1.82, 2.24) is 9.55 Å². The fraction of sp³-hybridized carbons (Fsp3) is 0.174. The highest BCUT2D eigenvalue weighted by Gasteiger charge is 2.15. The molecule has 1 aromatic heterocycles. The molecule has 3 aromatic carbocycles. The Morgan fingerprint density at radius 2 is 1.63 bits per heavy atom. The summed E-state index contributed by atoms with van der Waals surface area (Å²) in [6, 6.07) is 21.3. The van der Waals surface area contributed by atoms with Gasteiger partial charge in [0, 0.05) is 10.6 Å². The molecule has 0 spiro atoms. The molecule has 0 fully saturated rings. The lowest BCUT2D eigenvalue weighted by molar-refractivity contribution is 0.301. The van der Waals surface area contributed by atoms with Gasteiger partial charge in [-0.05, 0) is 54.6 Å². The van der Waals surface area contributed by atoms with E-state index in [2.05, 4.69) is 10.6 Å². The molecule has 1 heterocycles. The highest BCUT2D eigenvalue weighted by molar-refractivity contribution is 6.30. The minimum Gasteiger partial charge on any atom is -0.493 e. The van der Waals surface area contributed by atoms with E-state index >= 15 is 0 Å². The molecule has 156 valence electrons. The average molecular weight is 445 g/mol. The number of methoxy groups -OCH3 is 2. The van der Waals surface area contributed by atoms with E-state index in [1.807, 2.05) is 60.7 Å². The van der Waals surface area contributed by atoms with Crippen molar-refractivity contribution in [1.29, 1.82) is 0 Å². The van der Waals surface area contributed by atoms with Crippen LogP contribution in [0.25, 0.3) is 22.4 Å². The third kappa shape index (κ3) is 4.48. The van der Waals surface area contributed by atoms with E-state index in [0.717, 1.165) is 28.2 Å². The van der Waals surface area contributed by atoms with Crippen LogP contribution in [0.4, 0.5) is 0 Å². The first-order valence-electron chi connectivity index (χ1n) is 9.25. The molecule has 0 N–H and O–H groups in total. The smallest absolute Gasteiger partial charge is 0.161 e. The Kier molecular flexibility index (Phi) is 7.08. The molecule has 4 rings (SSSR count). The van der Waals surface area contributed by atoms with Crippen molar-refractivity contribution in [2.45, 2.75) is 6.54 Å². The summed E-state index contributed by atoms with van der Waals surface area (Å²) in [5.74, 6) is 2.99. The molecule has 0 amide bonds. The predicted molar refractivity (Wildman–Crippen MR) is 122 cm³/mol. The average Bonchev–Trinajstić information content (AvgIpc) is 3.13. The summed E-state index contributed by atoms with van der Waals surface area (Å²) in [6.45, 7) is 1.15. The zero-order valence-corrected chi connectivity index (χ0v) is 18.2. The fourth-order valence-electron chi connectivity index (χ4n) is 3.28. The Hall–Kier alpha value is -2.89. The number of nitrogens with zero attached hydrogens (tertiary/aromatic N) is 2. The van der Waals surface area contributed by atoms with Crippen LogP contribution in [-0.2, 0) is 6.54 Å². The first-order chi connectivity index (χ1) is 14.2. The van der Waals surface area contributed by atoms with E-state index in [4.69, 9.17) is 30.8 Å². The van der Waals surface area contributed by atoms with Gasteiger partial charge in [-0.1, -0.05) is 23.7 Å². The number of ether oxygens (including phenoxy) is 3. The number of aromatic nitrogens is 2. The van der Waals surface area contributed by atoms with Crippen LogP contribution in [0.15, 0.2) is 66.7 Å². The number of benzene rings is 3. The Bertz CT molecular complexity index is 1130. The van der Waals surface area contributed by atoms with Crippen LogP contribution in [0.5, 0.6) is 17.2 Å². The lowest BCUT2D eigenvalue weighted by Crippen LogP contribution is -2.09. The quantitative estimate of drug-likeness (QED) is 0.357. The molecule has 0 saturated carbocycles. The van der Waals surface area contributed by atoms with Gasteiger partial charge in [0.15, 0.2) is 11.5 Å². The van der Waals surface area contributed by atoms with E-state index in [9.17, 15) is 0 Å². The Balaban J connectivity index is 0.00000256. The van der Waals surface area contributed by atoms with E-state index < -0.39 is 0 Å². The molecule has 0 bridgehead atoms. The highest BCUT2D eigenvalue weighted by atomic mass is 35.5. The number of rotatable bonds is 7. The summed E-state index contributed by atoms with van der Waals surface area (Å²) in [6.07, 6.45) is 0. The largest absolute Gasteiger partial charge is 0.493 e. The van der Waals surface area contributed by atoms with Gasteiger partial charge in [0.25, 0.3) is 0 Å². The van der Waals surface area contributed by atoms with Crippen molar-refractivity contribution in [3.8, 4) is 28.6 Å². The van der Waals surface area contributed by atoms with Gasteiger partial charge in [0.05, 0.1) is 31.8 Å². The second-order valence-corrected chi connectivity index (χ2v) is 6.88. The standard InChI is InChI=1S/C23H21ClN2O3.ClH/c1-27-21-12-7-16(15-22(21)28-2)23-25-19-5-3-4-6-20(19)26(23)13-14-29-18-10-8-17(24)9-11-18;/h3-12,15H,13-14H2,1-2H3;1H. The molecule has 0 saturated heterocycles. The van der Waals surface area contributed by atoms with Gasteiger partial charge in [0.1, 0.15) is 18.2 Å². The van der Waals surface area contributed by atoms with Gasteiger partial charge in [-0.2, -0.15) is 0 Å². The van der Waals surface area contributed by atoms with Crippen molar-refractivity contribution in [3.05, 3.63) is 71.8 Å². The summed E-state index contributed by atoms with van der Waals surface area (Å²) in [7, 11) is 3.26. The SMILES string of the molecule is COc1ccc(-c2nc3ccccc3n2CCOc2ccc(Cl)cc2)cc1OC.Cl. The number of imidazole rings is 1. The third-order valence-electron chi connectivity index (χ3n) is 4.69. The van der Waals surface area contributed by atoms with Crippen molar-refractivity contribution in [2.24, 2.45) is 0 Å². The second-order valence-electron chi connectivity index (χ2n) is 6.45. The lowest BCUT2D eigenvalue weighted by Gasteiger charge is -2.13. The number of hydrogen-bond donors (Lipinski definition) is 0. The summed E-state index contributed by atoms with van der Waals surface area (Å²) in [5, 5.41) is 0.689. The van der Waals surface area contributed by atoms with Crippen LogP contribution in [0, 0.1) is 0 Å². The van der Waals surface area contributed by atoms with Crippen LogP contribution >= 0.6 is 24.0 Å². The number of hydrogen-bond acceptors (Lipinski definition) is 4. The number of fused-ring (bicyclic) bond motifs is 1. The zero-order chi connectivity index (χ0) is 20.2. The molecule has 30 heavy (non-hydrogen) atoms. The molecular formula is C23H22Cl2N2O3. The predicted octanol–water partition coefficient (Wildman–Crippen LogP) is 5.87. The Labute approximate surface area is 186 Å². The van der Waals surface area contributed by atoms with Gasteiger partial charge in [-0.15, -0.1) is 12.4 Å². The first-order valence-corrected chi connectivity index (χ1v) is 9.63. The molecule has 0 aliphatic heterocycles. The Morgan fingerprint density at radius 1 is 0.900 bits per heavy atom. The zero-order valence-electron chi connectivity index (χ0n) is 16.7. The second kappa shape index (κ2) is 9.74. The molecule has 0 aliphatic rings. The Morgan fingerprint density at radius 3 is 2.37 bits per heavy atom. The maximum atomic E-state index is 5.94. The minimum atomic E-state index is 0. The first kappa shape index (κ1) is 21.8. The van der Waals surface area contributed by atoms with E-state index in [0.29, 0.717) is 29.7 Å². The molecule has 0 unspecified atom stereocenters. The van der Waals surface area contributed by atoms with Gasteiger partial charge >= 0.3 is 0 Å². The van der Waals surface area contributed by atoms with Crippen molar-refractivity contribution in [3.63, 3.8) is 0 Å². The number of halogens is 2. The van der Waals surface area contributed by atoms with Gasteiger partial charge < -0.3 is 18.8 Å². The topological polar surface area (TPSA) is 45.5 Å². The monoisotopic (exact) mass is 444 g/mol. The summed E-state index contributed by atoms with van der Waals surface area (Å²) in [4.78, 5) is 4.84. The molecule has 4 aromatic rings. The molecule has 0 aliphatic carbocycles. The van der Waals surface area contributed by atoms with Crippen LogP contribution in [0.2, 0.25) is 5.02 Å². The molecule has 0 radical (unpaired) electrons. The van der Waals surface area contributed by atoms with Crippen LogP contribution < -0.4 is 14.2 Å². The van der Waals surface area contributed by atoms with Crippen molar-refractivity contribution in [2.75, 3.05) is 20.8 Å².